The molecule has 3 aliphatic rings. The van der Waals surface area contributed by atoms with Crippen LogP contribution in [0.25, 0.3) is 15.6 Å². The highest BCUT2D eigenvalue weighted by atomic mass is 19.1. The first-order valence-electron chi connectivity index (χ1n) is 15.0. The molecule has 9 nitrogen and oxygen atoms in total. The number of anilines is 2. The number of rotatable bonds is 9. The van der Waals surface area contributed by atoms with E-state index in [1.165, 1.54) is 26.9 Å². The number of piperazine rings is 1. The highest BCUT2D eigenvalue weighted by molar-refractivity contribution is 5.97. The summed E-state index contributed by atoms with van der Waals surface area (Å²) in [5.41, 5.74) is 4.33. The molecule has 0 spiro atoms. The van der Waals surface area contributed by atoms with Gasteiger partial charge in [-0.2, -0.15) is 9.97 Å². The van der Waals surface area contributed by atoms with Gasteiger partial charge in [0.2, 0.25) is 6.54 Å². The minimum absolute atomic E-state index is 0.0659. The lowest BCUT2D eigenvalue weighted by Gasteiger charge is -2.41. The van der Waals surface area contributed by atoms with Crippen LogP contribution >= 0.6 is 0 Å². The van der Waals surface area contributed by atoms with E-state index >= 15 is 0 Å². The number of hydrogen-bond acceptors (Lipinski definition) is 7. The summed E-state index contributed by atoms with van der Waals surface area (Å²) in [6.45, 7) is 17.6. The van der Waals surface area contributed by atoms with Gasteiger partial charge in [0.1, 0.15) is 18.5 Å². The predicted octanol–water partition coefficient (Wildman–Crippen LogP) is 4.87. The molecule has 0 radical (unpaired) electrons. The summed E-state index contributed by atoms with van der Waals surface area (Å²) in [6, 6.07) is 12.6. The van der Waals surface area contributed by atoms with Gasteiger partial charge in [-0.25, -0.2) is 11.0 Å². The first-order valence-corrected chi connectivity index (χ1v) is 15.0. The second-order valence-corrected chi connectivity index (χ2v) is 11.7. The molecule has 0 bridgehead atoms. The number of aromatic nitrogens is 2. The number of nitrogens with zero attached hydrogens (tertiary/aromatic N) is 6. The average molecular weight is 585 g/mol. The molecular weight excluding hydrogens is 547 g/mol. The fourth-order valence-electron chi connectivity index (χ4n) is 6.19. The number of amides is 1. The Hall–Kier alpha value is -4.23. The van der Waals surface area contributed by atoms with Crippen LogP contribution in [0.1, 0.15) is 36.6 Å². The maximum atomic E-state index is 13.8. The molecule has 1 aromatic heterocycles. The van der Waals surface area contributed by atoms with Gasteiger partial charge in [-0.1, -0.05) is 36.9 Å². The summed E-state index contributed by atoms with van der Waals surface area (Å²) in [6.07, 6.45) is 3.13. The van der Waals surface area contributed by atoms with Gasteiger partial charge in [0.05, 0.1) is 24.4 Å². The highest BCUT2D eigenvalue weighted by Gasteiger charge is 2.36. The van der Waals surface area contributed by atoms with E-state index in [9.17, 15) is 9.18 Å². The van der Waals surface area contributed by atoms with Crippen molar-refractivity contribution in [3.63, 3.8) is 0 Å². The number of aryl methyl sites for hydroxylation is 1. The Morgan fingerprint density at radius 1 is 1.16 bits per heavy atom. The lowest BCUT2D eigenvalue weighted by atomic mass is 9.99. The zero-order valence-corrected chi connectivity index (χ0v) is 24.8. The van der Waals surface area contributed by atoms with E-state index in [1.54, 1.807) is 0 Å². The molecule has 3 aromatic rings. The number of benzene rings is 2. The molecule has 1 saturated carbocycles. The Labute approximate surface area is 251 Å². The number of fused-ring (bicyclic) bond motifs is 2. The van der Waals surface area contributed by atoms with E-state index < -0.39 is 17.8 Å². The van der Waals surface area contributed by atoms with Crippen LogP contribution < -0.4 is 14.5 Å². The Morgan fingerprint density at radius 2 is 1.95 bits per heavy atom. The molecule has 2 fully saturated rings. The maximum Gasteiger partial charge on any atom is 0.318 e. The van der Waals surface area contributed by atoms with Crippen LogP contribution in [-0.4, -0.2) is 78.4 Å². The lowest BCUT2D eigenvalue weighted by molar-refractivity contribution is -0.131. The van der Waals surface area contributed by atoms with Crippen LogP contribution in [0.3, 0.4) is 0 Å². The number of halogens is 1. The summed E-state index contributed by atoms with van der Waals surface area (Å²) in [5.74, 6) is -1.01. The molecule has 10 heteroatoms. The van der Waals surface area contributed by atoms with Crippen molar-refractivity contribution in [1.82, 2.24) is 14.9 Å². The topological polar surface area (TPSA) is 75.4 Å². The van der Waals surface area contributed by atoms with Gasteiger partial charge in [-0.3, -0.25) is 4.79 Å². The Bertz CT molecular complexity index is 1580. The summed E-state index contributed by atoms with van der Waals surface area (Å²) in [7, 11) is 0. The highest BCUT2D eigenvalue weighted by Crippen LogP contribution is 2.36. The van der Waals surface area contributed by atoms with Gasteiger partial charge in [0, 0.05) is 42.8 Å². The van der Waals surface area contributed by atoms with Crippen LogP contribution in [0.2, 0.25) is 0 Å². The Balaban J connectivity index is 1.32. The zero-order chi connectivity index (χ0) is 30.1. The molecule has 0 N–H and O–H groups in total. The molecule has 2 aromatic carbocycles. The fourth-order valence-corrected chi connectivity index (χ4v) is 6.19. The maximum absolute atomic E-state index is 13.8. The summed E-state index contributed by atoms with van der Waals surface area (Å²) in [4.78, 5) is 31.7. The smallest absolute Gasteiger partial charge is 0.318 e. The van der Waals surface area contributed by atoms with Gasteiger partial charge in [0.25, 0.3) is 5.91 Å². The quantitative estimate of drug-likeness (QED) is 0.263. The first kappa shape index (κ1) is 28.9. The molecule has 1 aliphatic carbocycles. The van der Waals surface area contributed by atoms with E-state index in [4.69, 9.17) is 26.0 Å². The third-order valence-corrected chi connectivity index (χ3v) is 8.43. The van der Waals surface area contributed by atoms with Crippen molar-refractivity contribution in [2.75, 3.05) is 49.1 Å². The van der Waals surface area contributed by atoms with Gasteiger partial charge < -0.3 is 29.0 Å². The zero-order valence-electron chi connectivity index (χ0n) is 24.8. The molecule has 6 rings (SSSR count). The molecule has 3 heterocycles. The molecular formula is C33H37FN6O3. The van der Waals surface area contributed by atoms with Gasteiger partial charge in [-0.15, -0.1) is 0 Å². The van der Waals surface area contributed by atoms with Crippen LogP contribution in [-0.2, 0) is 22.5 Å². The van der Waals surface area contributed by atoms with Crippen molar-refractivity contribution in [3.8, 4) is 6.01 Å². The van der Waals surface area contributed by atoms with Crippen LogP contribution in [0.15, 0.2) is 48.8 Å². The fraction of sp³-hybridized carbons (Fsp3) is 0.455. The second-order valence-electron chi connectivity index (χ2n) is 11.7. The van der Waals surface area contributed by atoms with Crippen molar-refractivity contribution in [3.05, 3.63) is 77.0 Å². The van der Waals surface area contributed by atoms with Crippen molar-refractivity contribution >= 4 is 28.2 Å². The molecule has 2 aliphatic heterocycles. The standard InChI is InChI=1S/C33H37FN6O3/c1-21-7-5-8-24-9-6-10-29(30(21)24)38-14-13-27-28(19-38)36-33(42-20-22(2)43-26-11-12-26)37-31(27)39-15-16-40(32(41)23(3)34)25(18-39)17-35-4/h5-10,22,25-26H,3,11-20H2,1-2H3/t22-,25+/m1/s1. The summed E-state index contributed by atoms with van der Waals surface area (Å²) in [5, 5.41) is 2.44. The number of ether oxygens (including phenoxy) is 2. The van der Waals surface area contributed by atoms with Crippen molar-refractivity contribution in [2.45, 2.75) is 57.9 Å². The largest absolute Gasteiger partial charge is 0.461 e. The molecule has 2 atom stereocenters. The molecule has 224 valence electrons. The monoisotopic (exact) mass is 584 g/mol. The number of hydrogen-bond donors (Lipinski definition) is 0. The minimum Gasteiger partial charge on any atom is -0.461 e. The summed E-state index contributed by atoms with van der Waals surface area (Å²) >= 11 is 0. The van der Waals surface area contributed by atoms with Crippen LogP contribution in [0.4, 0.5) is 15.9 Å². The second kappa shape index (κ2) is 12.2. The third kappa shape index (κ3) is 6.13. The molecule has 0 unspecified atom stereocenters. The third-order valence-electron chi connectivity index (χ3n) is 8.43. The van der Waals surface area contributed by atoms with Crippen molar-refractivity contribution in [1.29, 1.82) is 0 Å². The van der Waals surface area contributed by atoms with Gasteiger partial charge in [0.15, 0.2) is 5.83 Å². The normalized spacial score (nSPS) is 19.1. The number of carbonyl (C=O) groups excluding carboxylic acids is 1. The Kier molecular flexibility index (Phi) is 8.17. The minimum atomic E-state index is -1.01. The average Bonchev–Trinajstić information content (AvgIpc) is 3.83. The van der Waals surface area contributed by atoms with Crippen molar-refractivity contribution < 1.29 is 18.7 Å². The molecule has 43 heavy (non-hydrogen) atoms. The van der Waals surface area contributed by atoms with E-state index in [0.29, 0.717) is 32.3 Å². The molecule has 1 saturated heterocycles. The predicted molar refractivity (Wildman–Crippen MR) is 164 cm³/mol. The Morgan fingerprint density at radius 3 is 2.70 bits per heavy atom. The van der Waals surface area contributed by atoms with E-state index in [1.807, 2.05) is 6.92 Å². The SMILES string of the molecule is [C-]#[N+]C[C@H]1CN(c2nc(OC[C@@H](C)OC3CC3)nc3c2CCN(c2cccc4cccc(C)c24)C3)CCN1C(=O)C(=C)F. The number of carbonyl (C=O) groups is 1. The van der Waals surface area contributed by atoms with E-state index in [0.717, 1.165) is 42.9 Å². The van der Waals surface area contributed by atoms with Gasteiger partial charge in [-0.05, 0) is 50.1 Å². The summed E-state index contributed by atoms with van der Waals surface area (Å²) < 4.78 is 25.9. The van der Waals surface area contributed by atoms with Gasteiger partial charge >= 0.3 is 6.01 Å². The lowest BCUT2D eigenvalue weighted by Crippen LogP contribution is -2.57. The first-order chi connectivity index (χ1) is 20.8. The van der Waals surface area contributed by atoms with Crippen LogP contribution in [0.5, 0.6) is 6.01 Å². The van der Waals surface area contributed by atoms with E-state index in [2.05, 4.69) is 64.5 Å². The molecule has 1 amide bonds. The van der Waals surface area contributed by atoms with Crippen molar-refractivity contribution in [2.24, 2.45) is 0 Å². The van der Waals surface area contributed by atoms with Crippen LogP contribution in [0, 0.1) is 13.5 Å². The van der Waals surface area contributed by atoms with E-state index in [-0.39, 0.29) is 25.2 Å².